The summed E-state index contributed by atoms with van der Waals surface area (Å²) < 4.78 is 0. The van der Waals surface area contributed by atoms with E-state index in [-0.39, 0.29) is 5.69 Å². The van der Waals surface area contributed by atoms with E-state index in [2.05, 4.69) is 10.5 Å². The zero-order chi connectivity index (χ0) is 8.55. The highest BCUT2D eigenvalue weighted by molar-refractivity contribution is 5.89. The first-order valence-electron chi connectivity index (χ1n) is 3.30. The van der Waals surface area contributed by atoms with Crippen LogP contribution >= 0.6 is 0 Å². The molecular weight excluding hydrogens is 158 g/mol. The van der Waals surface area contributed by atoms with Crippen molar-refractivity contribution < 1.29 is 4.92 Å². The maximum atomic E-state index is 10.3. The van der Waals surface area contributed by atoms with Gasteiger partial charge in [-0.15, -0.1) is 0 Å². The van der Waals surface area contributed by atoms with Gasteiger partial charge in [0.1, 0.15) is 5.69 Å². The van der Waals surface area contributed by atoms with Gasteiger partial charge in [-0.25, -0.2) is 0 Å². The molecule has 0 saturated heterocycles. The number of nitrogens with zero attached hydrogens (tertiary/aromatic N) is 3. The fourth-order valence-electron chi connectivity index (χ4n) is 0.995. The molecule has 0 atom stereocenters. The summed E-state index contributed by atoms with van der Waals surface area (Å²) in [6.07, 6.45) is 1.57. The molecule has 1 radical (unpaired) electrons. The third-order valence-corrected chi connectivity index (χ3v) is 1.59. The second-order valence-electron chi connectivity index (χ2n) is 2.34. The highest BCUT2D eigenvalue weighted by Crippen LogP contribution is 2.23. The molecule has 1 aliphatic rings. The molecule has 0 unspecified atom stereocenters. The quantitative estimate of drug-likeness (QED) is 0.459. The van der Waals surface area contributed by atoms with Gasteiger partial charge in [0.25, 0.3) is 5.69 Å². The first-order valence-corrected chi connectivity index (χ1v) is 3.30. The molecule has 2 rings (SSSR count). The Kier molecular flexibility index (Phi) is 1.30. The Morgan fingerprint density at radius 2 is 2.25 bits per heavy atom. The van der Waals surface area contributed by atoms with Crippen molar-refractivity contribution in [2.24, 2.45) is 5.10 Å². The largest absolute Gasteiger partial charge is 0.271 e. The minimum Gasteiger partial charge on any atom is -0.258 e. The van der Waals surface area contributed by atoms with E-state index in [1.54, 1.807) is 12.3 Å². The van der Waals surface area contributed by atoms with Crippen molar-refractivity contribution in [1.82, 2.24) is 5.43 Å². The standard InChI is InChI=1S/C7H4N3O2/c11-10(12)6-2-1-5-4-8-9-7(5)3-6/h1-4H. The summed E-state index contributed by atoms with van der Waals surface area (Å²) in [4.78, 5) is 9.87. The topological polar surface area (TPSA) is 69.6 Å². The molecule has 0 amide bonds. The van der Waals surface area contributed by atoms with Gasteiger partial charge < -0.3 is 0 Å². The number of nitro benzene ring substituents is 1. The average Bonchev–Trinajstić information content (AvgIpc) is 2.49. The van der Waals surface area contributed by atoms with E-state index in [1.807, 2.05) is 0 Å². The van der Waals surface area contributed by atoms with Crippen LogP contribution in [0, 0.1) is 10.1 Å². The second kappa shape index (κ2) is 2.30. The molecule has 0 saturated carbocycles. The maximum absolute atomic E-state index is 10.3. The zero-order valence-corrected chi connectivity index (χ0v) is 5.97. The normalized spacial score (nSPS) is 12.3. The Bertz CT molecular complexity index is 373. The first-order chi connectivity index (χ1) is 5.77. The van der Waals surface area contributed by atoms with Crippen molar-refractivity contribution in [2.75, 3.05) is 0 Å². The van der Waals surface area contributed by atoms with Crippen LogP contribution in [-0.2, 0) is 0 Å². The molecule has 0 fully saturated rings. The summed E-state index contributed by atoms with van der Waals surface area (Å²) in [5.74, 6) is 0. The van der Waals surface area contributed by atoms with Crippen molar-refractivity contribution in [3.05, 3.63) is 33.9 Å². The summed E-state index contributed by atoms with van der Waals surface area (Å²) in [5, 5.41) is 14.0. The van der Waals surface area contributed by atoms with Crippen LogP contribution in [0.25, 0.3) is 0 Å². The fourth-order valence-corrected chi connectivity index (χ4v) is 0.995. The second-order valence-corrected chi connectivity index (χ2v) is 2.34. The highest BCUT2D eigenvalue weighted by Gasteiger charge is 2.13. The van der Waals surface area contributed by atoms with Crippen molar-refractivity contribution >= 4 is 17.6 Å². The third kappa shape index (κ3) is 0.914. The van der Waals surface area contributed by atoms with Crippen molar-refractivity contribution in [3.63, 3.8) is 0 Å². The van der Waals surface area contributed by atoms with Crippen LogP contribution < -0.4 is 5.43 Å². The molecule has 0 N–H and O–H groups in total. The lowest BCUT2D eigenvalue weighted by atomic mass is 10.2. The molecule has 12 heavy (non-hydrogen) atoms. The van der Waals surface area contributed by atoms with E-state index < -0.39 is 4.92 Å². The number of benzene rings is 1. The van der Waals surface area contributed by atoms with E-state index in [0.29, 0.717) is 5.69 Å². The summed E-state index contributed by atoms with van der Waals surface area (Å²) in [7, 11) is 0. The predicted molar refractivity (Wildman–Crippen MR) is 42.5 cm³/mol. The molecule has 1 aromatic carbocycles. The monoisotopic (exact) mass is 162 g/mol. The summed E-state index contributed by atoms with van der Waals surface area (Å²) >= 11 is 0. The van der Waals surface area contributed by atoms with Gasteiger partial charge in [0.05, 0.1) is 11.1 Å². The molecule has 0 spiro atoms. The Hall–Kier alpha value is -1.91. The molecule has 5 nitrogen and oxygen atoms in total. The first kappa shape index (κ1) is 6.78. The molecule has 0 aliphatic carbocycles. The van der Waals surface area contributed by atoms with Gasteiger partial charge in [-0.05, 0) is 6.07 Å². The number of hydrogen-bond donors (Lipinski definition) is 0. The van der Waals surface area contributed by atoms with Crippen molar-refractivity contribution in [1.29, 1.82) is 0 Å². The molecule has 59 valence electrons. The van der Waals surface area contributed by atoms with E-state index in [4.69, 9.17) is 0 Å². The minimum absolute atomic E-state index is 0.0444. The summed E-state index contributed by atoms with van der Waals surface area (Å²) in [6.45, 7) is 0. The van der Waals surface area contributed by atoms with E-state index in [0.717, 1.165) is 5.56 Å². The Labute approximate surface area is 67.9 Å². The van der Waals surface area contributed by atoms with Crippen LogP contribution in [0.3, 0.4) is 0 Å². The van der Waals surface area contributed by atoms with Gasteiger partial charge in [0, 0.05) is 17.7 Å². The number of fused-ring (bicyclic) bond motifs is 1. The van der Waals surface area contributed by atoms with Gasteiger partial charge in [0.15, 0.2) is 0 Å². The molecule has 1 aromatic rings. The third-order valence-electron chi connectivity index (χ3n) is 1.59. The Morgan fingerprint density at radius 1 is 1.42 bits per heavy atom. The van der Waals surface area contributed by atoms with Gasteiger partial charge in [0.2, 0.25) is 0 Å². The summed E-state index contributed by atoms with van der Waals surface area (Å²) in [6, 6.07) is 4.47. The molecule has 0 aromatic heterocycles. The number of nitro groups is 1. The van der Waals surface area contributed by atoms with Gasteiger partial charge in [-0.1, -0.05) is 0 Å². The number of non-ortho nitro benzene ring substituents is 1. The molecule has 1 aliphatic heterocycles. The molecular formula is C7H4N3O2. The summed E-state index contributed by atoms with van der Waals surface area (Å²) in [5.41, 5.74) is 5.13. The van der Waals surface area contributed by atoms with Crippen LogP contribution in [0.2, 0.25) is 0 Å². The van der Waals surface area contributed by atoms with Crippen LogP contribution in [0.1, 0.15) is 5.56 Å². The van der Waals surface area contributed by atoms with Crippen LogP contribution in [0.4, 0.5) is 11.4 Å². The lowest BCUT2D eigenvalue weighted by Crippen LogP contribution is -1.89. The Morgan fingerprint density at radius 3 is 3.00 bits per heavy atom. The SMILES string of the molecule is O=[N+]([O-])c1ccc2c(c1)[N]N=C2. The van der Waals surface area contributed by atoms with Crippen LogP contribution in [0.15, 0.2) is 23.3 Å². The lowest BCUT2D eigenvalue weighted by Gasteiger charge is -1.94. The predicted octanol–water partition coefficient (Wildman–Crippen LogP) is 1.18. The molecule has 5 heteroatoms. The number of rotatable bonds is 1. The smallest absolute Gasteiger partial charge is 0.258 e. The fraction of sp³-hybridized carbons (Fsp3) is 0. The van der Waals surface area contributed by atoms with E-state index in [9.17, 15) is 10.1 Å². The highest BCUT2D eigenvalue weighted by atomic mass is 16.6. The lowest BCUT2D eigenvalue weighted by molar-refractivity contribution is -0.384. The average molecular weight is 162 g/mol. The van der Waals surface area contributed by atoms with Crippen molar-refractivity contribution in [2.45, 2.75) is 0 Å². The molecule has 1 heterocycles. The number of hydrogen-bond acceptors (Lipinski definition) is 3. The van der Waals surface area contributed by atoms with Crippen molar-refractivity contribution in [3.8, 4) is 0 Å². The van der Waals surface area contributed by atoms with Gasteiger partial charge in [-0.2, -0.15) is 10.5 Å². The van der Waals surface area contributed by atoms with Gasteiger partial charge in [-0.3, -0.25) is 10.1 Å². The Balaban J connectivity index is 2.49. The van der Waals surface area contributed by atoms with E-state index in [1.165, 1.54) is 12.1 Å². The minimum atomic E-state index is -0.450. The zero-order valence-electron chi connectivity index (χ0n) is 5.97. The maximum Gasteiger partial charge on any atom is 0.271 e. The molecule has 0 bridgehead atoms. The van der Waals surface area contributed by atoms with Gasteiger partial charge >= 0.3 is 0 Å². The van der Waals surface area contributed by atoms with Crippen LogP contribution in [0.5, 0.6) is 0 Å². The van der Waals surface area contributed by atoms with E-state index >= 15 is 0 Å². The van der Waals surface area contributed by atoms with Crippen LogP contribution in [-0.4, -0.2) is 11.1 Å².